The van der Waals surface area contributed by atoms with Crippen LogP contribution < -0.4 is 5.43 Å². The smallest absolute Gasteiger partial charge is 0.250 e. The van der Waals surface area contributed by atoms with Gasteiger partial charge in [-0.3, -0.25) is 9.36 Å². The highest BCUT2D eigenvalue weighted by molar-refractivity contribution is 9.10. The number of benzene rings is 1. The monoisotopic (exact) mass is 449 g/mol. The summed E-state index contributed by atoms with van der Waals surface area (Å²) in [5, 5.41) is 22.5. The molecule has 3 aromatic rings. The minimum atomic E-state index is -0.295. The van der Waals surface area contributed by atoms with Crippen LogP contribution in [0.15, 0.2) is 55.7 Å². The molecule has 1 amide bonds. The molecule has 1 aromatic carbocycles. The number of aromatic hydroxyl groups is 1. The first-order valence-corrected chi connectivity index (χ1v) is 9.76. The van der Waals surface area contributed by atoms with Gasteiger partial charge in [0.1, 0.15) is 5.75 Å². The van der Waals surface area contributed by atoms with Crippen molar-refractivity contribution in [3.63, 3.8) is 0 Å². The van der Waals surface area contributed by atoms with Crippen LogP contribution in [0.4, 0.5) is 0 Å². The molecule has 0 spiro atoms. The number of hydrogen-bond donors (Lipinski definition) is 2. The van der Waals surface area contributed by atoms with Gasteiger partial charge < -0.3 is 9.52 Å². The standard InChI is InChI=1S/C17H16BrN5O3S/c1-2-23-16(14-4-3-7-26-14)21-22-17(23)27-10-15(25)20-19-9-11-8-12(18)5-6-13(11)24/h3-9,24H,2,10H2,1H3,(H,20,25)/b19-9+. The van der Waals surface area contributed by atoms with E-state index in [9.17, 15) is 9.90 Å². The maximum absolute atomic E-state index is 12.0. The molecular formula is C17H16BrN5O3S. The van der Waals surface area contributed by atoms with Crippen molar-refractivity contribution in [2.75, 3.05) is 5.75 Å². The van der Waals surface area contributed by atoms with Crippen LogP contribution in [0.1, 0.15) is 12.5 Å². The van der Waals surface area contributed by atoms with Crippen LogP contribution in [0.25, 0.3) is 11.6 Å². The van der Waals surface area contributed by atoms with Crippen LogP contribution in [0, 0.1) is 0 Å². The van der Waals surface area contributed by atoms with Crippen molar-refractivity contribution in [2.45, 2.75) is 18.6 Å². The molecule has 0 bridgehead atoms. The molecule has 8 nitrogen and oxygen atoms in total. The number of rotatable bonds is 7. The molecule has 2 aromatic heterocycles. The molecule has 0 saturated carbocycles. The number of phenolic OH excluding ortho intramolecular Hbond substituents is 1. The fourth-order valence-electron chi connectivity index (χ4n) is 2.23. The summed E-state index contributed by atoms with van der Waals surface area (Å²) in [4.78, 5) is 12.0. The van der Waals surface area contributed by atoms with E-state index in [1.54, 1.807) is 24.5 Å². The predicted octanol–water partition coefficient (Wildman–Crippen LogP) is 3.27. The minimum absolute atomic E-state index is 0.0760. The molecule has 0 saturated heterocycles. The van der Waals surface area contributed by atoms with E-state index in [0.717, 1.165) is 4.47 Å². The summed E-state index contributed by atoms with van der Waals surface area (Å²) in [6.45, 7) is 2.61. The molecule has 0 aliphatic heterocycles. The van der Waals surface area contributed by atoms with E-state index in [1.165, 1.54) is 24.0 Å². The zero-order valence-corrected chi connectivity index (χ0v) is 16.7. The number of amides is 1. The Balaban J connectivity index is 1.58. The second-order valence-corrected chi connectivity index (χ2v) is 7.17. The van der Waals surface area contributed by atoms with Gasteiger partial charge in [0.2, 0.25) is 0 Å². The van der Waals surface area contributed by atoms with Gasteiger partial charge in [0.25, 0.3) is 5.91 Å². The van der Waals surface area contributed by atoms with Gasteiger partial charge in [-0.05, 0) is 37.3 Å². The second-order valence-electron chi connectivity index (χ2n) is 5.31. The number of hydrazone groups is 1. The van der Waals surface area contributed by atoms with Crippen LogP contribution in [0.5, 0.6) is 5.75 Å². The zero-order valence-electron chi connectivity index (χ0n) is 14.3. The first-order valence-electron chi connectivity index (χ1n) is 7.98. The van der Waals surface area contributed by atoms with E-state index in [2.05, 4.69) is 36.7 Å². The van der Waals surface area contributed by atoms with E-state index >= 15 is 0 Å². The summed E-state index contributed by atoms with van der Waals surface area (Å²) in [6, 6.07) is 8.54. The highest BCUT2D eigenvalue weighted by atomic mass is 79.9. The molecular weight excluding hydrogens is 434 g/mol. The quantitative estimate of drug-likeness (QED) is 0.325. The van der Waals surface area contributed by atoms with Crippen LogP contribution in [-0.2, 0) is 11.3 Å². The molecule has 2 heterocycles. The lowest BCUT2D eigenvalue weighted by atomic mass is 10.2. The Labute approximate surface area is 167 Å². The van der Waals surface area contributed by atoms with Crippen molar-refractivity contribution in [1.82, 2.24) is 20.2 Å². The summed E-state index contributed by atoms with van der Waals surface area (Å²) >= 11 is 4.57. The largest absolute Gasteiger partial charge is 0.507 e. The highest BCUT2D eigenvalue weighted by Gasteiger charge is 2.16. The SMILES string of the molecule is CCn1c(SCC(=O)N/N=C/c2cc(Br)ccc2O)nnc1-c1ccco1. The van der Waals surface area contributed by atoms with E-state index < -0.39 is 0 Å². The maximum Gasteiger partial charge on any atom is 0.250 e. The summed E-state index contributed by atoms with van der Waals surface area (Å²) in [5.74, 6) is 1.15. The molecule has 0 unspecified atom stereocenters. The number of furan rings is 1. The Bertz CT molecular complexity index is 956. The number of hydrogen-bond acceptors (Lipinski definition) is 7. The average molecular weight is 450 g/mol. The van der Waals surface area contributed by atoms with Crippen LogP contribution in [0.2, 0.25) is 0 Å². The van der Waals surface area contributed by atoms with Crippen molar-refractivity contribution < 1.29 is 14.3 Å². The molecule has 0 aliphatic rings. The predicted molar refractivity (Wildman–Crippen MR) is 106 cm³/mol. The summed E-state index contributed by atoms with van der Waals surface area (Å²) in [5.41, 5.74) is 2.92. The van der Waals surface area contributed by atoms with Crippen molar-refractivity contribution in [2.24, 2.45) is 5.10 Å². The first kappa shape index (κ1) is 19.2. The highest BCUT2D eigenvalue weighted by Crippen LogP contribution is 2.24. The molecule has 27 heavy (non-hydrogen) atoms. The van der Waals surface area contributed by atoms with Gasteiger partial charge in [-0.1, -0.05) is 27.7 Å². The van der Waals surface area contributed by atoms with Gasteiger partial charge in [0, 0.05) is 16.6 Å². The van der Waals surface area contributed by atoms with Gasteiger partial charge in [-0.2, -0.15) is 5.10 Å². The second kappa shape index (κ2) is 8.87. The number of nitrogens with zero attached hydrogens (tertiary/aromatic N) is 4. The lowest BCUT2D eigenvalue weighted by Gasteiger charge is -2.05. The first-order chi connectivity index (χ1) is 13.1. The molecule has 10 heteroatoms. The number of thioether (sulfide) groups is 1. The lowest BCUT2D eigenvalue weighted by Crippen LogP contribution is -2.20. The summed E-state index contributed by atoms with van der Waals surface area (Å²) in [7, 11) is 0. The Kier molecular flexibility index (Phi) is 6.30. The molecule has 0 radical (unpaired) electrons. The molecule has 0 fully saturated rings. The molecule has 0 atom stereocenters. The van der Waals surface area contributed by atoms with Crippen LogP contribution >= 0.6 is 27.7 Å². The van der Waals surface area contributed by atoms with E-state index in [1.807, 2.05) is 17.6 Å². The molecule has 3 rings (SSSR count). The van der Waals surface area contributed by atoms with Crippen molar-refractivity contribution in [1.29, 1.82) is 0 Å². The third-order valence-electron chi connectivity index (χ3n) is 3.49. The van der Waals surface area contributed by atoms with Crippen molar-refractivity contribution in [3.8, 4) is 17.3 Å². The van der Waals surface area contributed by atoms with Gasteiger partial charge in [0.15, 0.2) is 16.7 Å². The number of nitrogens with one attached hydrogen (secondary N) is 1. The average Bonchev–Trinajstić information content (AvgIpc) is 3.31. The van der Waals surface area contributed by atoms with Gasteiger partial charge >= 0.3 is 0 Å². The Hall–Kier alpha value is -2.59. The number of aromatic nitrogens is 3. The lowest BCUT2D eigenvalue weighted by molar-refractivity contribution is -0.118. The molecule has 2 N–H and O–H groups in total. The minimum Gasteiger partial charge on any atom is -0.507 e. The fraction of sp³-hybridized carbons (Fsp3) is 0.176. The van der Waals surface area contributed by atoms with Gasteiger partial charge in [-0.15, -0.1) is 10.2 Å². The topological polar surface area (TPSA) is 106 Å². The van der Waals surface area contributed by atoms with E-state index in [-0.39, 0.29) is 17.4 Å². The van der Waals surface area contributed by atoms with E-state index in [0.29, 0.717) is 28.8 Å². The molecule has 0 aliphatic carbocycles. The van der Waals surface area contributed by atoms with Crippen molar-refractivity contribution >= 4 is 39.8 Å². The number of phenols is 1. The molecule has 140 valence electrons. The Morgan fingerprint density at radius 3 is 3.04 bits per heavy atom. The fourth-order valence-corrected chi connectivity index (χ4v) is 3.41. The summed E-state index contributed by atoms with van der Waals surface area (Å²) < 4.78 is 8.03. The van der Waals surface area contributed by atoms with Gasteiger partial charge in [-0.25, -0.2) is 5.43 Å². The number of carbonyl (C=O) groups excluding carboxylic acids is 1. The van der Waals surface area contributed by atoms with Crippen LogP contribution in [0.3, 0.4) is 0 Å². The normalized spacial score (nSPS) is 11.2. The number of halogens is 1. The number of carbonyl (C=O) groups is 1. The Morgan fingerprint density at radius 1 is 1.44 bits per heavy atom. The van der Waals surface area contributed by atoms with E-state index in [4.69, 9.17) is 4.42 Å². The third kappa shape index (κ3) is 4.77. The summed E-state index contributed by atoms with van der Waals surface area (Å²) in [6.07, 6.45) is 2.96. The Morgan fingerprint density at radius 2 is 2.30 bits per heavy atom. The zero-order chi connectivity index (χ0) is 19.2. The maximum atomic E-state index is 12.0. The van der Waals surface area contributed by atoms with Crippen LogP contribution in [-0.4, -0.2) is 37.7 Å². The third-order valence-corrected chi connectivity index (χ3v) is 4.95. The van der Waals surface area contributed by atoms with Gasteiger partial charge in [0.05, 0.1) is 18.2 Å². The van der Waals surface area contributed by atoms with Crippen molar-refractivity contribution in [3.05, 3.63) is 46.6 Å².